The number of aliphatic hydroxyl groups is 1. The van der Waals surface area contributed by atoms with Crippen LogP contribution in [0.4, 0.5) is 0 Å². The van der Waals surface area contributed by atoms with Gasteiger partial charge in [-0.1, -0.05) is 33.1 Å². The average molecular weight is 276 g/mol. The summed E-state index contributed by atoms with van der Waals surface area (Å²) in [6.45, 7) is 5.13. The van der Waals surface area contributed by atoms with Gasteiger partial charge in [-0.05, 0) is 79.4 Å². The van der Waals surface area contributed by atoms with E-state index in [1.54, 1.807) is 0 Å². The highest BCUT2D eigenvalue weighted by atomic mass is 16.3. The van der Waals surface area contributed by atoms with Crippen LogP contribution in [0.15, 0.2) is 0 Å². The topological polar surface area (TPSA) is 20.2 Å². The smallest absolute Gasteiger partial charge is 0.0577 e. The molecule has 4 aliphatic carbocycles. The van der Waals surface area contributed by atoms with Gasteiger partial charge in [0.15, 0.2) is 0 Å². The summed E-state index contributed by atoms with van der Waals surface area (Å²) in [5, 5.41) is 10.9. The van der Waals surface area contributed by atoms with Gasteiger partial charge in [0.1, 0.15) is 0 Å². The Balaban J connectivity index is 1.69. The molecule has 4 saturated carbocycles. The minimum absolute atomic E-state index is 0.0129. The van der Waals surface area contributed by atoms with Crippen molar-refractivity contribution >= 4 is 0 Å². The first-order valence-corrected chi connectivity index (χ1v) is 9.23. The second-order valence-electron chi connectivity index (χ2n) is 9.13. The summed E-state index contributed by atoms with van der Waals surface area (Å²) in [5.41, 5.74) is 1.13. The Morgan fingerprint density at radius 1 is 0.850 bits per heavy atom. The third kappa shape index (κ3) is 1.71. The molecule has 1 N–H and O–H groups in total. The first-order chi connectivity index (χ1) is 9.55. The van der Waals surface area contributed by atoms with Crippen LogP contribution in [0, 0.1) is 34.5 Å². The molecule has 0 aromatic carbocycles. The van der Waals surface area contributed by atoms with Crippen LogP contribution in [0.5, 0.6) is 0 Å². The van der Waals surface area contributed by atoms with Crippen LogP contribution in [0.1, 0.15) is 78.1 Å². The van der Waals surface area contributed by atoms with Crippen LogP contribution >= 0.6 is 0 Å². The zero-order chi connectivity index (χ0) is 14.0. The molecule has 0 radical (unpaired) electrons. The van der Waals surface area contributed by atoms with Crippen molar-refractivity contribution in [2.75, 3.05) is 0 Å². The maximum atomic E-state index is 10.9. The van der Waals surface area contributed by atoms with E-state index >= 15 is 0 Å². The first kappa shape index (κ1) is 13.6. The average Bonchev–Trinajstić information content (AvgIpc) is 2.81. The highest BCUT2D eigenvalue weighted by Gasteiger charge is 2.59. The Kier molecular flexibility index (Phi) is 3.05. The molecule has 4 aliphatic rings. The van der Waals surface area contributed by atoms with Crippen molar-refractivity contribution in [3.05, 3.63) is 0 Å². The Labute approximate surface area is 124 Å². The number of aliphatic hydroxyl groups excluding tert-OH is 1. The third-order valence-corrected chi connectivity index (χ3v) is 8.38. The second kappa shape index (κ2) is 4.48. The second-order valence-corrected chi connectivity index (χ2v) is 9.13. The predicted octanol–water partition coefficient (Wildman–Crippen LogP) is 4.78. The molecule has 0 bridgehead atoms. The molecule has 0 aromatic heterocycles. The molecule has 0 spiro atoms. The lowest BCUT2D eigenvalue weighted by Crippen LogP contribution is -2.56. The van der Waals surface area contributed by atoms with Gasteiger partial charge >= 0.3 is 0 Å². The van der Waals surface area contributed by atoms with Gasteiger partial charge in [0, 0.05) is 0 Å². The van der Waals surface area contributed by atoms with Gasteiger partial charge in [0.05, 0.1) is 6.10 Å². The molecule has 114 valence electrons. The highest BCUT2D eigenvalue weighted by molar-refractivity contribution is 5.09. The summed E-state index contributed by atoms with van der Waals surface area (Å²) in [4.78, 5) is 0. The van der Waals surface area contributed by atoms with Crippen molar-refractivity contribution in [1.29, 1.82) is 0 Å². The molecule has 0 amide bonds. The molecule has 4 rings (SSSR count). The molecule has 0 saturated heterocycles. The van der Waals surface area contributed by atoms with E-state index in [-0.39, 0.29) is 6.10 Å². The van der Waals surface area contributed by atoms with Gasteiger partial charge in [-0.3, -0.25) is 0 Å². The van der Waals surface area contributed by atoms with Crippen molar-refractivity contribution in [3.8, 4) is 0 Å². The van der Waals surface area contributed by atoms with Gasteiger partial charge in [-0.2, -0.15) is 0 Å². The molecule has 0 aliphatic heterocycles. The Bertz CT molecular complexity index is 391. The van der Waals surface area contributed by atoms with Crippen molar-refractivity contribution < 1.29 is 5.11 Å². The zero-order valence-electron chi connectivity index (χ0n) is 13.4. The molecule has 4 fully saturated rings. The van der Waals surface area contributed by atoms with Crippen LogP contribution in [-0.4, -0.2) is 11.2 Å². The summed E-state index contributed by atoms with van der Waals surface area (Å²) in [6, 6.07) is 0. The fraction of sp³-hybridized carbons (Fsp3) is 1.00. The van der Waals surface area contributed by atoms with Gasteiger partial charge < -0.3 is 5.11 Å². The number of fused-ring (bicyclic) bond motifs is 5. The minimum atomic E-state index is 0.0129. The van der Waals surface area contributed by atoms with E-state index < -0.39 is 0 Å². The van der Waals surface area contributed by atoms with E-state index in [2.05, 4.69) is 13.8 Å². The van der Waals surface area contributed by atoms with Gasteiger partial charge in [0.2, 0.25) is 0 Å². The van der Waals surface area contributed by atoms with Crippen molar-refractivity contribution in [3.63, 3.8) is 0 Å². The fourth-order valence-corrected chi connectivity index (χ4v) is 7.25. The summed E-state index contributed by atoms with van der Waals surface area (Å²) >= 11 is 0. The van der Waals surface area contributed by atoms with E-state index in [1.165, 1.54) is 57.8 Å². The normalized spacial score (nSPS) is 58.6. The molecule has 0 aromatic rings. The SMILES string of the molecule is C[C@@]12CCC[C@H]1[C@@H]1C(O)CC3CCCC[C@]3(C)[C@H]1CC2. The molecule has 1 heteroatoms. The lowest BCUT2D eigenvalue weighted by Gasteiger charge is -2.61. The quantitative estimate of drug-likeness (QED) is 0.675. The highest BCUT2D eigenvalue weighted by Crippen LogP contribution is 2.66. The summed E-state index contributed by atoms with van der Waals surface area (Å²) < 4.78 is 0. The van der Waals surface area contributed by atoms with E-state index in [1.807, 2.05) is 0 Å². The summed E-state index contributed by atoms with van der Waals surface area (Å²) in [7, 11) is 0. The van der Waals surface area contributed by atoms with E-state index in [4.69, 9.17) is 0 Å². The van der Waals surface area contributed by atoms with Crippen molar-refractivity contribution in [2.45, 2.75) is 84.2 Å². The lowest BCUT2D eigenvalue weighted by atomic mass is 9.45. The maximum Gasteiger partial charge on any atom is 0.0577 e. The van der Waals surface area contributed by atoms with Gasteiger partial charge in [-0.15, -0.1) is 0 Å². The minimum Gasteiger partial charge on any atom is -0.393 e. The van der Waals surface area contributed by atoms with Crippen LogP contribution in [0.25, 0.3) is 0 Å². The largest absolute Gasteiger partial charge is 0.393 e. The summed E-state index contributed by atoms with van der Waals surface area (Å²) in [5.74, 6) is 3.11. The van der Waals surface area contributed by atoms with Crippen LogP contribution in [0.2, 0.25) is 0 Å². The standard InChI is InChI=1S/C19H32O/c1-18-9-5-7-14(18)17-15(8-11-18)19(2)10-4-3-6-13(19)12-16(17)20/h13-17,20H,3-12H2,1-2H3/t13?,14-,15-,16?,17-,18-,19-/m0/s1. The van der Waals surface area contributed by atoms with Crippen molar-refractivity contribution in [1.82, 2.24) is 0 Å². The van der Waals surface area contributed by atoms with Crippen LogP contribution in [-0.2, 0) is 0 Å². The van der Waals surface area contributed by atoms with Gasteiger partial charge in [-0.25, -0.2) is 0 Å². The maximum absolute atomic E-state index is 10.9. The first-order valence-electron chi connectivity index (χ1n) is 9.23. The third-order valence-electron chi connectivity index (χ3n) is 8.38. The number of hydrogen-bond donors (Lipinski definition) is 1. The number of rotatable bonds is 0. The molecule has 7 atom stereocenters. The van der Waals surface area contributed by atoms with Crippen LogP contribution in [0.3, 0.4) is 0 Å². The molecular weight excluding hydrogens is 244 g/mol. The molecule has 2 unspecified atom stereocenters. The van der Waals surface area contributed by atoms with E-state index in [9.17, 15) is 5.11 Å². The Hall–Kier alpha value is -0.0400. The van der Waals surface area contributed by atoms with E-state index in [0.29, 0.717) is 16.7 Å². The molecule has 0 heterocycles. The monoisotopic (exact) mass is 276 g/mol. The molecule has 1 nitrogen and oxygen atoms in total. The van der Waals surface area contributed by atoms with Crippen LogP contribution < -0.4 is 0 Å². The Morgan fingerprint density at radius 3 is 2.55 bits per heavy atom. The zero-order valence-corrected chi connectivity index (χ0v) is 13.4. The predicted molar refractivity (Wildman–Crippen MR) is 82.4 cm³/mol. The number of hydrogen-bond acceptors (Lipinski definition) is 1. The van der Waals surface area contributed by atoms with Crippen molar-refractivity contribution in [2.24, 2.45) is 34.5 Å². The fourth-order valence-electron chi connectivity index (χ4n) is 7.25. The molecule has 20 heavy (non-hydrogen) atoms. The lowest BCUT2D eigenvalue weighted by molar-refractivity contribution is -0.157. The Morgan fingerprint density at radius 2 is 1.70 bits per heavy atom. The van der Waals surface area contributed by atoms with E-state index in [0.717, 1.165) is 24.2 Å². The summed E-state index contributed by atoms with van der Waals surface area (Å²) in [6.07, 6.45) is 13.9. The molecular formula is C19H32O. The van der Waals surface area contributed by atoms with Gasteiger partial charge in [0.25, 0.3) is 0 Å².